The second-order valence-corrected chi connectivity index (χ2v) is 5.12. The lowest BCUT2D eigenvalue weighted by atomic mass is 10.0. The van der Waals surface area contributed by atoms with Gasteiger partial charge in [-0.1, -0.05) is 6.92 Å². The Balaban J connectivity index is 4.13. The standard InChI is InChI=1S/C12H28N4O/c1-6-14-12(2,11(13)17)10-16(5)9-7-8-15(3)4/h14H,6-10H2,1-5H3,(H2,13,17). The molecule has 0 aromatic carbocycles. The van der Waals surface area contributed by atoms with Crippen LogP contribution >= 0.6 is 0 Å². The lowest BCUT2D eigenvalue weighted by Crippen LogP contribution is -2.59. The number of nitrogens with two attached hydrogens (primary N) is 1. The van der Waals surface area contributed by atoms with Crippen molar-refractivity contribution >= 4 is 5.91 Å². The van der Waals surface area contributed by atoms with Crippen molar-refractivity contribution in [2.24, 2.45) is 5.73 Å². The third-order valence-electron chi connectivity index (χ3n) is 2.84. The van der Waals surface area contributed by atoms with E-state index in [1.165, 1.54) is 0 Å². The smallest absolute Gasteiger partial charge is 0.238 e. The van der Waals surface area contributed by atoms with Crippen LogP contribution < -0.4 is 11.1 Å². The van der Waals surface area contributed by atoms with Crippen molar-refractivity contribution in [1.82, 2.24) is 15.1 Å². The largest absolute Gasteiger partial charge is 0.368 e. The highest BCUT2D eigenvalue weighted by atomic mass is 16.1. The summed E-state index contributed by atoms with van der Waals surface area (Å²) < 4.78 is 0. The first-order valence-corrected chi connectivity index (χ1v) is 6.20. The van der Waals surface area contributed by atoms with Gasteiger partial charge in [-0.25, -0.2) is 0 Å². The highest BCUT2D eigenvalue weighted by Gasteiger charge is 2.30. The fourth-order valence-electron chi connectivity index (χ4n) is 1.89. The summed E-state index contributed by atoms with van der Waals surface area (Å²) in [6, 6.07) is 0. The SMILES string of the molecule is CCNC(C)(CN(C)CCCN(C)C)C(N)=O. The van der Waals surface area contributed by atoms with Gasteiger partial charge in [-0.2, -0.15) is 0 Å². The molecule has 102 valence electrons. The quantitative estimate of drug-likeness (QED) is 0.586. The van der Waals surface area contributed by atoms with E-state index >= 15 is 0 Å². The van der Waals surface area contributed by atoms with E-state index < -0.39 is 5.54 Å². The third-order valence-corrected chi connectivity index (χ3v) is 2.84. The molecule has 0 aliphatic heterocycles. The minimum absolute atomic E-state index is 0.293. The Bertz CT molecular complexity index is 233. The van der Waals surface area contributed by atoms with Crippen LogP contribution in [0, 0.1) is 0 Å². The maximum Gasteiger partial charge on any atom is 0.238 e. The zero-order valence-corrected chi connectivity index (χ0v) is 11.9. The lowest BCUT2D eigenvalue weighted by Gasteiger charge is -2.32. The van der Waals surface area contributed by atoms with Gasteiger partial charge < -0.3 is 20.9 Å². The summed E-state index contributed by atoms with van der Waals surface area (Å²) in [5.41, 5.74) is 4.81. The maximum atomic E-state index is 11.5. The molecule has 0 aromatic rings. The Morgan fingerprint density at radius 3 is 2.29 bits per heavy atom. The maximum absolute atomic E-state index is 11.5. The molecule has 0 radical (unpaired) electrons. The molecular formula is C12H28N4O. The van der Waals surface area contributed by atoms with Crippen LogP contribution in [0.2, 0.25) is 0 Å². The van der Waals surface area contributed by atoms with Crippen LogP contribution in [0.1, 0.15) is 20.3 Å². The number of hydrogen-bond acceptors (Lipinski definition) is 4. The second kappa shape index (κ2) is 7.63. The predicted molar refractivity (Wildman–Crippen MR) is 71.9 cm³/mol. The van der Waals surface area contributed by atoms with Gasteiger partial charge in [0, 0.05) is 6.54 Å². The van der Waals surface area contributed by atoms with Crippen molar-refractivity contribution < 1.29 is 4.79 Å². The van der Waals surface area contributed by atoms with E-state index in [9.17, 15) is 4.79 Å². The van der Waals surface area contributed by atoms with Gasteiger partial charge in [-0.15, -0.1) is 0 Å². The molecule has 0 saturated carbocycles. The summed E-state index contributed by atoms with van der Waals surface area (Å²) in [4.78, 5) is 15.8. The number of likely N-dealkylation sites (N-methyl/N-ethyl adjacent to an activating group) is 2. The van der Waals surface area contributed by atoms with Crippen LogP contribution in [0.25, 0.3) is 0 Å². The molecule has 5 nitrogen and oxygen atoms in total. The number of hydrogen-bond donors (Lipinski definition) is 2. The first-order valence-electron chi connectivity index (χ1n) is 6.20. The molecule has 1 amide bonds. The first kappa shape index (κ1) is 16.4. The molecule has 0 saturated heterocycles. The Labute approximate surface area is 105 Å². The summed E-state index contributed by atoms with van der Waals surface area (Å²) in [6.45, 7) is 7.24. The van der Waals surface area contributed by atoms with Gasteiger partial charge in [-0.05, 0) is 54.1 Å². The normalized spacial score (nSPS) is 15.2. The van der Waals surface area contributed by atoms with Gasteiger partial charge in [0.1, 0.15) is 5.54 Å². The Hall–Kier alpha value is -0.650. The van der Waals surface area contributed by atoms with Crippen LogP contribution in [0.5, 0.6) is 0 Å². The Morgan fingerprint density at radius 1 is 1.29 bits per heavy atom. The summed E-state index contributed by atoms with van der Waals surface area (Å²) in [6.07, 6.45) is 1.09. The molecule has 17 heavy (non-hydrogen) atoms. The molecule has 0 bridgehead atoms. The average molecular weight is 244 g/mol. The average Bonchev–Trinajstić information content (AvgIpc) is 2.16. The Kier molecular flexibility index (Phi) is 7.34. The van der Waals surface area contributed by atoms with Gasteiger partial charge >= 0.3 is 0 Å². The van der Waals surface area contributed by atoms with Crippen molar-refractivity contribution in [1.29, 1.82) is 0 Å². The van der Waals surface area contributed by atoms with E-state index in [1.54, 1.807) is 0 Å². The van der Waals surface area contributed by atoms with Gasteiger partial charge in [0.25, 0.3) is 0 Å². The molecule has 0 spiro atoms. The molecule has 5 heteroatoms. The van der Waals surface area contributed by atoms with Crippen molar-refractivity contribution in [3.63, 3.8) is 0 Å². The summed E-state index contributed by atoms with van der Waals surface area (Å²) in [7, 11) is 6.15. The van der Waals surface area contributed by atoms with E-state index in [2.05, 4.69) is 29.2 Å². The highest BCUT2D eigenvalue weighted by molar-refractivity contribution is 5.84. The number of nitrogens with zero attached hydrogens (tertiary/aromatic N) is 2. The van der Waals surface area contributed by atoms with Gasteiger partial charge in [0.05, 0.1) is 0 Å². The van der Waals surface area contributed by atoms with Crippen LogP contribution in [0.3, 0.4) is 0 Å². The molecular weight excluding hydrogens is 216 g/mol. The predicted octanol–water partition coefficient (Wildman–Crippen LogP) is -0.277. The van der Waals surface area contributed by atoms with Crippen molar-refractivity contribution in [2.45, 2.75) is 25.8 Å². The number of primary amides is 1. The van der Waals surface area contributed by atoms with Crippen LogP contribution in [-0.2, 0) is 4.79 Å². The molecule has 0 aliphatic rings. The minimum Gasteiger partial charge on any atom is -0.368 e. The van der Waals surface area contributed by atoms with E-state index in [-0.39, 0.29) is 5.91 Å². The lowest BCUT2D eigenvalue weighted by molar-refractivity contribution is -0.124. The van der Waals surface area contributed by atoms with Gasteiger partial charge in [0.2, 0.25) is 5.91 Å². The monoisotopic (exact) mass is 244 g/mol. The Morgan fingerprint density at radius 2 is 1.88 bits per heavy atom. The van der Waals surface area contributed by atoms with Crippen molar-refractivity contribution in [3.8, 4) is 0 Å². The van der Waals surface area contributed by atoms with Crippen LogP contribution in [-0.4, -0.2) is 68.6 Å². The number of carbonyl (C=O) groups excluding carboxylic acids is 1. The second-order valence-electron chi connectivity index (χ2n) is 5.12. The highest BCUT2D eigenvalue weighted by Crippen LogP contribution is 2.05. The fourth-order valence-corrected chi connectivity index (χ4v) is 1.89. The zero-order chi connectivity index (χ0) is 13.5. The fraction of sp³-hybridized carbons (Fsp3) is 0.917. The third kappa shape index (κ3) is 6.61. The topological polar surface area (TPSA) is 61.6 Å². The van der Waals surface area contributed by atoms with E-state index in [1.807, 2.05) is 20.9 Å². The molecule has 0 aromatic heterocycles. The summed E-state index contributed by atoms with van der Waals surface area (Å²) in [5.74, 6) is -0.293. The molecule has 3 N–H and O–H groups in total. The van der Waals surface area contributed by atoms with E-state index in [0.29, 0.717) is 6.54 Å². The number of rotatable bonds is 9. The molecule has 0 rings (SSSR count). The van der Waals surface area contributed by atoms with Gasteiger partial charge in [0.15, 0.2) is 0 Å². The molecule has 1 unspecified atom stereocenters. The number of nitrogens with one attached hydrogen (secondary N) is 1. The van der Waals surface area contributed by atoms with E-state index in [0.717, 1.165) is 26.1 Å². The summed E-state index contributed by atoms with van der Waals surface area (Å²) in [5, 5.41) is 3.16. The van der Waals surface area contributed by atoms with Crippen LogP contribution in [0.15, 0.2) is 0 Å². The van der Waals surface area contributed by atoms with Crippen LogP contribution in [0.4, 0.5) is 0 Å². The van der Waals surface area contributed by atoms with Crippen molar-refractivity contribution in [3.05, 3.63) is 0 Å². The summed E-state index contributed by atoms with van der Waals surface area (Å²) >= 11 is 0. The van der Waals surface area contributed by atoms with E-state index in [4.69, 9.17) is 5.73 Å². The molecule has 0 aliphatic carbocycles. The number of amides is 1. The molecule has 0 heterocycles. The minimum atomic E-state index is -0.637. The molecule has 1 atom stereocenters. The van der Waals surface area contributed by atoms with Gasteiger partial charge in [-0.3, -0.25) is 4.79 Å². The first-order chi connectivity index (χ1) is 7.81. The van der Waals surface area contributed by atoms with Crippen molar-refractivity contribution in [2.75, 3.05) is 47.3 Å². The molecule has 0 fully saturated rings. The zero-order valence-electron chi connectivity index (χ0n) is 11.9. The number of carbonyl (C=O) groups is 1.